The van der Waals surface area contributed by atoms with E-state index < -0.39 is 10.0 Å². The van der Waals surface area contributed by atoms with Crippen molar-refractivity contribution < 1.29 is 17.6 Å². The van der Waals surface area contributed by atoms with Crippen LogP contribution >= 0.6 is 11.6 Å². The third-order valence-electron chi connectivity index (χ3n) is 3.56. The Morgan fingerprint density at radius 2 is 1.70 bits per heavy atom. The molecule has 1 heterocycles. The van der Waals surface area contributed by atoms with Crippen molar-refractivity contribution >= 4 is 33.7 Å². The molecule has 0 unspecified atom stereocenters. The van der Waals surface area contributed by atoms with Crippen LogP contribution in [0.25, 0.3) is 11.3 Å². The van der Waals surface area contributed by atoms with Gasteiger partial charge in [0.2, 0.25) is 10.0 Å². The van der Waals surface area contributed by atoms with E-state index in [0.717, 1.165) is 0 Å². The molecule has 27 heavy (non-hydrogen) atoms. The van der Waals surface area contributed by atoms with Crippen LogP contribution in [0, 0.1) is 0 Å². The Kier molecular flexibility index (Phi) is 5.41. The van der Waals surface area contributed by atoms with Gasteiger partial charge in [0.25, 0.3) is 5.91 Å². The molecule has 2 aromatic carbocycles. The first-order valence-electron chi connectivity index (χ1n) is 7.65. The topological polar surface area (TPSA) is 115 Å². The molecule has 0 radical (unpaired) electrons. The van der Waals surface area contributed by atoms with Crippen LogP contribution in [0.2, 0.25) is 5.02 Å². The number of amides is 1. The number of primary sulfonamides is 1. The monoisotopic (exact) mass is 403 g/mol. The van der Waals surface area contributed by atoms with E-state index in [4.69, 9.17) is 21.2 Å². The van der Waals surface area contributed by atoms with Crippen LogP contribution in [0.1, 0.15) is 16.1 Å². The molecule has 3 N–H and O–H groups in total. The average molecular weight is 404 g/mol. The van der Waals surface area contributed by atoms with E-state index in [1.54, 1.807) is 48.5 Å². The van der Waals surface area contributed by atoms with Crippen molar-refractivity contribution in [2.24, 2.45) is 10.2 Å². The minimum absolute atomic E-state index is 0.0181. The third-order valence-corrected chi connectivity index (χ3v) is 4.74. The molecule has 0 bridgehead atoms. The fourth-order valence-corrected chi connectivity index (χ4v) is 2.85. The van der Waals surface area contributed by atoms with Crippen molar-refractivity contribution in [1.82, 2.24) is 5.43 Å². The summed E-state index contributed by atoms with van der Waals surface area (Å²) in [6.07, 6.45) is 1.36. The van der Waals surface area contributed by atoms with Crippen LogP contribution in [0.3, 0.4) is 0 Å². The number of carbonyl (C=O) groups is 1. The number of halogens is 1. The molecule has 1 amide bonds. The van der Waals surface area contributed by atoms with E-state index in [9.17, 15) is 13.2 Å². The van der Waals surface area contributed by atoms with Gasteiger partial charge in [-0.1, -0.05) is 11.6 Å². The Labute approximate surface area is 160 Å². The van der Waals surface area contributed by atoms with Gasteiger partial charge in [0.05, 0.1) is 11.1 Å². The lowest BCUT2D eigenvalue weighted by Crippen LogP contribution is -2.17. The van der Waals surface area contributed by atoms with Gasteiger partial charge >= 0.3 is 0 Å². The Bertz CT molecular complexity index is 1090. The Morgan fingerprint density at radius 3 is 2.33 bits per heavy atom. The lowest BCUT2D eigenvalue weighted by atomic mass is 10.2. The Balaban J connectivity index is 1.66. The number of nitrogens with one attached hydrogen (secondary N) is 1. The normalized spacial score (nSPS) is 11.6. The van der Waals surface area contributed by atoms with Crippen LogP contribution in [-0.4, -0.2) is 20.5 Å². The molecular weight excluding hydrogens is 390 g/mol. The Hall–Kier alpha value is -2.94. The zero-order valence-corrected chi connectivity index (χ0v) is 15.4. The number of benzene rings is 2. The molecule has 0 atom stereocenters. The van der Waals surface area contributed by atoms with Gasteiger partial charge in [-0.15, -0.1) is 0 Å². The summed E-state index contributed by atoms with van der Waals surface area (Å²) in [6.45, 7) is 0. The van der Waals surface area contributed by atoms with Crippen molar-refractivity contribution in [1.29, 1.82) is 0 Å². The molecule has 1 aromatic heterocycles. The summed E-state index contributed by atoms with van der Waals surface area (Å²) >= 11 is 5.77. The summed E-state index contributed by atoms with van der Waals surface area (Å²) in [6, 6.07) is 15.7. The quantitative estimate of drug-likeness (QED) is 0.503. The van der Waals surface area contributed by atoms with Crippen molar-refractivity contribution in [3.05, 3.63) is 77.0 Å². The van der Waals surface area contributed by atoms with Crippen molar-refractivity contribution in [3.8, 4) is 11.3 Å². The molecule has 138 valence electrons. The number of hydrogen-bond donors (Lipinski definition) is 2. The smallest absolute Gasteiger partial charge is 0.271 e. The number of rotatable bonds is 5. The lowest BCUT2D eigenvalue weighted by molar-refractivity contribution is 0.0955. The zero-order valence-electron chi connectivity index (χ0n) is 13.8. The largest absolute Gasteiger partial charge is 0.455 e. The number of sulfonamides is 1. The minimum atomic E-state index is -3.74. The number of hydrazone groups is 1. The van der Waals surface area contributed by atoms with E-state index in [-0.39, 0.29) is 10.8 Å². The first-order chi connectivity index (χ1) is 12.8. The molecular formula is C18H14ClN3O4S. The minimum Gasteiger partial charge on any atom is -0.455 e. The van der Waals surface area contributed by atoms with Crippen LogP contribution in [-0.2, 0) is 10.0 Å². The number of hydrogen-bond acceptors (Lipinski definition) is 5. The molecule has 0 saturated heterocycles. The standard InChI is InChI=1S/C18H14ClN3O4S/c19-14-5-1-13(2-6-14)18(23)22-21-11-15-7-10-17(26-15)12-3-8-16(9-4-12)27(20,24)25/h1-11H,(H,22,23)(H2,20,24,25)/b21-11-. The second kappa shape index (κ2) is 7.75. The second-order valence-corrected chi connectivity index (χ2v) is 7.48. The van der Waals surface area contributed by atoms with Gasteiger partial charge in [-0.25, -0.2) is 19.0 Å². The third kappa shape index (κ3) is 4.82. The average Bonchev–Trinajstić information content (AvgIpc) is 3.10. The van der Waals surface area contributed by atoms with Crippen LogP contribution < -0.4 is 10.6 Å². The van der Waals surface area contributed by atoms with Gasteiger partial charge in [-0.3, -0.25) is 4.79 Å². The Morgan fingerprint density at radius 1 is 1.04 bits per heavy atom. The predicted octanol–water partition coefficient (Wildman–Crippen LogP) is 3.01. The second-order valence-electron chi connectivity index (χ2n) is 5.48. The zero-order chi connectivity index (χ0) is 19.4. The highest BCUT2D eigenvalue weighted by Crippen LogP contribution is 2.22. The highest BCUT2D eigenvalue weighted by atomic mass is 35.5. The molecule has 3 rings (SSSR count). The van der Waals surface area contributed by atoms with E-state index in [1.165, 1.54) is 18.3 Å². The SMILES string of the molecule is NS(=O)(=O)c1ccc(-c2ccc(/C=N\NC(=O)c3ccc(Cl)cc3)o2)cc1. The molecule has 0 aliphatic heterocycles. The van der Waals surface area contributed by atoms with Crippen molar-refractivity contribution in [3.63, 3.8) is 0 Å². The fraction of sp³-hybridized carbons (Fsp3) is 0. The van der Waals surface area contributed by atoms with Crippen molar-refractivity contribution in [2.45, 2.75) is 4.90 Å². The molecule has 0 saturated carbocycles. The van der Waals surface area contributed by atoms with Gasteiger partial charge in [0.1, 0.15) is 11.5 Å². The molecule has 3 aromatic rings. The number of furan rings is 1. The van der Waals surface area contributed by atoms with Crippen LogP contribution in [0.15, 0.2) is 75.1 Å². The number of nitrogens with two attached hydrogens (primary N) is 1. The molecule has 0 aliphatic rings. The molecule has 0 aliphatic carbocycles. The van der Waals surface area contributed by atoms with Gasteiger partial charge in [-0.2, -0.15) is 5.10 Å². The summed E-state index contributed by atoms with van der Waals surface area (Å²) < 4.78 is 28.1. The number of carbonyl (C=O) groups excluding carboxylic acids is 1. The molecule has 9 heteroatoms. The maximum absolute atomic E-state index is 11.9. The molecule has 7 nitrogen and oxygen atoms in total. The summed E-state index contributed by atoms with van der Waals surface area (Å²) in [5.41, 5.74) is 3.48. The summed E-state index contributed by atoms with van der Waals surface area (Å²) in [5, 5.41) is 9.45. The van der Waals surface area contributed by atoms with E-state index in [2.05, 4.69) is 10.5 Å². The highest BCUT2D eigenvalue weighted by Gasteiger charge is 2.09. The maximum Gasteiger partial charge on any atom is 0.271 e. The van der Waals surface area contributed by atoms with Gasteiger partial charge in [-0.05, 0) is 60.7 Å². The first-order valence-corrected chi connectivity index (χ1v) is 9.57. The van der Waals surface area contributed by atoms with E-state index >= 15 is 0 Å². The van der Waals surface area contributed by atoms with E-state index in [0.29, 0.717) is 27.7 Å². The van der Waals surface area contributed by atoms with E-state index in [1.807, 2.05) is 0 Å². The molecule has 0 fully saturated rings. The maximum atomic E-state index is 11.9. The first kappa shape index (κ1) is 18.8. The van der Waals surface area contributed by atoms with Gasteiger partial charge < -0.3 is 4.42 Å². The lowest BCUT2D eigenvalue weighted by Gasteiger charge is -2.00. The summed E-state index contributed by atoms with van der Waals surface area (Å²) in [7, 11) is -3.74. The molecule has 0 spiro atoms. The van der Waals surface area contributed by atoms with Gasteiger partial charge in [0.15, 0.2) is 0 Å². The van der Waals surface area contributed by atoms with Crippen LogP contribution in [0.4, 0.5) is 0 Å². The highest BCUT2D eigenvalue weighted by molar-refractivity contribution is 7.89. The number of nitrogens with zero attached hydrogens (tertiary/aromatic N) is 1. The van der Waals surface area contributed by atoms with Crippen molar-refractivity contribution in [2.75, 3.05) is 0 Å². The summed E-state index contributed by atoms with van der Waals surface area (Å²) in [4.78, 5) is 11.9. The van der Waals surface area contributed by atoms with Gasteiger partial charge in [0, 0.05) is 16.1 Å². The summed E-state index contributed by atoms with van der Waals surface area (Å²) in [5.74, 6) is 0.548. The predicted molar refractivity (Wildman–Crippen MR) is 102 cm³/mol. The van der Waals surface area contributed by atoms with Crippen LogP contribution in [0.5, 0.6) is 0 Å². The fourth-order valence-electron chi connectivity index (χ4n) is 2.21.